The topological polar surface area (TPSA) is 79.1 Å². The van der Waals surface area contributed by atoms with E-state index >= 15 is 0 Å². The van der Waals surface area contributed by atoms with Gasteiger partial charge >= 0.3 is 5.97 Å². The number of allylic oxidation sites excluding steroid dienone is 2. The van der Waals surface area contributed by atoms with Crippen LogP contribution < -0.4 is 24.4 Å². The van der Waals surface area contributed by atoms with Crippen LogP contribution in [0.3, 0.4) is 0 Å². The molecular weight excluding hydrogens is 560 g/mol. The highest BCUT2D eigenvalue weighted by Gasteiger charge is 2.34. The molecule has 1 atom stereocenters. The minimum Gasteiger partial charge on any atom is -0.493 e. The SMILES string of the molecule is CCCCOc1ccc(C2C(C(=O)OCc3ccccc3)=C(C)N=c3sc(=CC=Cc4ccccc4)c(=O)n32)cc1OC. The van der Waals surface area contributed by atoms with Crippen LogP contribution in [-0.2, 0) is 16.1 Å². The summed E-state index contributed by atoms with van der Waals surface area (Å²) < 4.78 is 19.5. The minimum atomic E-state index is -0.765. The largest absolute Gasteiger partial charge is 0.493 e. The Morgan fingerprint density at radius 2 is 1.77 bits per heavy atom. The molecule has 1 aliphatic rings. The Kier molecular flexibility index (Phi) is 9.69. The van der Waals surface area contributed by atoms with E-state index in [4.69, 9.17) is 19.2 Å². The van der Waals surface area contributed by atoms with Gasteiger partial charge in [-0.1, -0.05) is 104 Å². The maximum Gasteiger partial charge on any atom is 0.338 e. The first kappa shape index (κ1) is 29.8. The molecule has 0 aliphatic carbocycles. The lowest BCUT2D eigenvalue weighted by Crippen LogP contribution is -2.39. The van der Waals surface area contributed by atoms with Gasteiger partial charge in [-0.15, -0.1) is 0 Å². The normalized spacial score (nSPS) is 14.9. The fourth-order valence-corrected chi connectivity index (χ4v) is 5.82. The zero-order chi connectivity index (χ0) is 30.2. The molecule has 1 aromatic heterocycles. The molecule has 220 valence electrons. The molecule has 0 bridgehead atoms. The summed E-state index contributed by atoms with van der Waals surface area (Å²) >= 11 is 1.28. The number of hydrogen-bond acceptors (Lipinski definition) is 7. The van der Waals surface area contributed by atoms with Gasteiger partial charge in [0.2, 0.25) is 0 Å². The monoisotopic (exact) mass is 594 g/mol. The third-order valence-corrected chi connectivity index (χ3v) is 8.05. The number of fused-ring (bicyclic) bond motifs is 1. The molecule has 0 saturated carbocycles. The first-order chi connectivity index (χ1) is 21.0. The van der Waals surface area contributed by atoms with Crippen molar-refractivity contribution >= 4 is 29.5 Å². The number of thiazole rings is 1. The maximum atomic E-state index is 13.9. The van der Waals surface area contributed by atoms with E-state index in [9.17, 15) is 9.59 Å². The van der Waals surface area contributed by atoms with Gasteiger partial charge in [-0.2, -0.15) is 0 Å². The third kappa shape index (κ3) is 6.87. The average molecular weight is 595 g/mol. The molecule has 0 N–H and O–H groups in total. The Balaban J connectivity index is 1.57. The van der Waals surface area contributed by atoms with Crippen molar-refractivity contribution in [3.63, 3.8) is 0 Å². The predicted molar refractivity (Wildman–Crippen MR) is 170 cm³/mol. The number of aromatic nitrogens is 1. The molecule has 0 saturated heterocycles. The Morgan fingerprint density at radius 1 is 1.02 bits per heavy atom. The number of hydrogen-bond donors (Lipinski definition) is 0. The molecule has 3 aromatic carbocycles. The molecule has 1 unspecified atom stereocenters. The van der Waals surface area contributed by atoms with Gasteiger partial charge in [-0.25, -0.2) is 9.79 Å². The summed E-state index contributed by atoms with van der Waals surface area (Å²) in [7, 11) is 1.58. The van der Waals surface area contributed by atoms with Crippen LogP contribution in [0.1, 0.15) is 49.4 Å². The molecule has 0 fully saturated rings. The van der Waals surface area contributed by atoms with E-state index in [0.717, 1.165) is 24.0 Å². The van der Waals surface area contributed by atoms with Gasteiger partial charge in [-0.3, -0.25) is 9.36 Å². The van der Waals surface area contributed by atoms with Gasteiger partial charge in [0.1, 0.15) is 6.61 Å². The second-order valence-electron chi connectivity index (χ2n) is 10.0. The minimum absolute atomic E-state index is 0.103. The number of methoxy groups -OCH3 is 1. The number of ether oxygens (including phenoxy) is 3. The number of carbonyl (C=O) groups is 1. The van der Waals surface area contributed by atoms with E-state index in [0.29, 0.717) is 44.3 Å². The van der Waals surface area contributed by atoms with Crippen LogP contribution >= 0.6 is 11.3 Å². The van der Waals surface area contributed by atoms with Crippen molar-refractivity contribution < 1.29 is 19.0 Å². The van der Waals surface area contributed by atoms with Gasteiger partial charge in [0, 0.05) is 0 Å². The van der Waals surface area contributed by atoms with Gasteiger partial charge < -0.3 is 14.2 Å². The lowest BCUT2D eigenvalue weighted by molar-refractivity contribution is -0.140. The highest BCUT2D eigenvalue weighted by Crippen LogP contribution is 2.36. The predicted octanol–water partition coefficient (Wildman–Crippen LogP) is 5.83. The van der Waals surface area contributed by atoms with Crippen LogP contribution in [0.5, 0.6) is 11.5 Å². The summed E-state index contributed by atoms with van der Waals surface area (Å²) in [6.45, 7) is 4.54. The van der Waals surface area contributed by atoms with Gasteiger partial charge in [0.25, 0.3) is 5.56 Å². The molecule has 43 heavy (non-hydrogen) atoms. The van der Waals surface area contributed by atoms with Crippen LogP contribution in [0, 0.1) is 0 Å². The molecular formula is C35H34N2O5S. The maximum absolute atomic E-state index is 13.9. The average Bonchev–Trinajstić information content (AvgIpc) is 3.34. The van der Waals surface area contributed by atoms with Crippen molar-refractivity contribution in [2.24, 2.45) is 4.99 Å². The summed E-state index contributed by atoms with van der Waals surface area (Å²) in [6.07, 6.45) is 7.50. The van der Waals surface area contributed by atoms with Crippen molar-refractivity contribution in [2.45, 2.75) is 39.3 Å². The van der Waals surface area contributed by atoms with Crippen LogP contribution in [-0.4, -0.2) is 24.3 Å². The Bertz CT molecular complexity index is 1820. The quantitative estimate of drug-likeness (QED) is 0.161. The van der Waals surface area contributed by atoms with E-state index in [1.165, 1.54) is 11.3 Å². The zero-order valence-electron chi connectivity index (χ0n) is 24.5. The standard InChI is InChI=1S/C35H34N2O5S/c1-4-5-21-41-28-20-19-27(22-29(28)40-3)32-31(34(39)42-23-26-15-10-7-11-16-26)24(2)36-35-37(32)33(38)30(43-35)18-12-17-25-13-8-6-9-14-25/h6-20,22,32H,4-5,21,23H2,1-3H3. The second-order valence-corrected chi connectivity index (χ2v) is 11.1. The Hall–Kier alpha value is -4.69. The third-order valence-electron chi connectivity index (χ3n) is 7.05. The lowest BCUT2D eigenvalue weighted by Gasteiger charge is -2.25. The molecule has 5 rings (SSSR count). The molecule has 0 radical (unpaired) electrons. The number of rotatable bonds is 11. The van der Waals surface area contributed by atoms with Crippen LogP contribution in [0.2, 0.25) is 0 Å². The van der Waals surface area contributed by atoms with Crippen molar-refractivity contribution in [3.05, 3.63) is 133 Å². The summed E-state index contributed by atoms with van der Waals surface area (Å²) in [5, 5.41) is 0. The summed E-state index contributed by atoms with van der Waals surface area (Å²) in [5.41, 5.74) is 3.14. The van der Waals surface area contributed by atoms with Crippen molar-refractivity contribution in [2.75, 3.05) is 13.7 Å². The van der Waals surface area contributed by atoms with Crippen molar-refractivity contribution in [3.8, 4) is 11.5 Å². The van der Waals surface area contributed by atoms with E-state index in [1.54, 1.807) is 24.7 Å². The van der Waals surface area contributed by atoms with E-state index in [-0.39, 0.29) is 12.2 Å². The summed E-state index contributed by atoms with van der Waals surface area (Å²) in [5.74, 6) is 0.593. The molecule has 2 heterocycles. The Morgan fingerprint density at radius 3 is 2.49 bits per heavy atom. The van der Waals surface area contributed by atoms with Crippen molar-refractivity contribution in [1.82, 2.24) is 4.57 Å². The van der Waals surface area contributed by atoms with E-state index < -0.39 is 12.0 Å². The lowest BCUT2D eigenvalue weighted by atomic mass is 9.95. The van der Waals surface area contributed by atoms with Gasteiger partial charge in [0.05, 0.1) is 35.6 Å². The zero-order valence-corrected chi connectivity index (χ0v) is 25.3. The summed E-state index contributed by atoms with van der Waals surface area (Å²) in [6, 6.07) is 24.1. The van der Waals surface area contributed by atoms with E-state index in [2.05, 4.69) is 6.92 Å². The van der Waals surface area contributed by atoms with Crippen LogP contribution in [0.15, 0.2) is 106 Å². The van der Waals surface area contributed by atoms with Crippen LogP contribution in [0.25, 0.3) is 12.2 Å². The van der Waals surface area contributed by atoms with E-state index in [1.807, 2.05) is 91.0 Å². The Labute approximate surface area is 254 Å². The number of carbonyl (C=O) groups excluding carboxylic acids is 1. The molecule has 8 heteroatoms. The summed E-state index contributed by atoms with van der Waals surface area (Å²) in [4.78, 5) is 32.8. The highest BCUT2D eigenvalue weighted by molar-refractivity contribution is 7.07. The highest BCUT2D eigenvalue weighted by atomic mass is 32.1. The molecule has 1 aliphatic heterocycles. The first-order valence-electron chi connectivity index (χ1n) is 14.3. The van der Waals surface area contributed by atoms with Gasteiger partial charge in [-0.05, 0) is 48.2 Å². The number of unbranched alkanes of at least 4 members (excludes halogenated alkanes) is 1. The van der Waals surface area contributed by atoms with Crippen LogP contribution in [0.4, 0.5) is 0 Å². The first-order valence-corrected chi connectivity index (χ1v) is 15.1. The number of benzene rings is 3. The fraction of sp³-hybridized carbons (Fsp3) is 0.229. The second kappa shape index (κ2) is 14.0. The number of esters is 1. The smallest absolute Gasteiger partial charge is 0.338 e. The van der Waals surface area contributed by atoms with Crippen molar-refractivity contribution in [1.29, 1.82) is 0 Å². The van der Waals surface area contributed by atoms with Gasteiger partial charge in [0.15, 0.2) is 16.3 Å². The molecule has 0 spiro atoms. The molecule has 7 nitrogen and oxygen atoms in total. The molecule has 0 amide bonds. The number of nitrogens with zero attached hydrogens (tertiary/aromatic N) is 2. The molecule has 4 aromatic rings. The fourth-order valence-electron chi connectivity index (χ4n) is 4.82.